The van der Waals surface area contributed by atoms with Crippen molar-refractivity contribution in [2.45, 2.75) is 79.1 Å². The number of hydrogen-bond acceptors (Lipinski definition) is 8. The van der Waals surface area contributed by atoms with Crippen LogP contribution in [0.1, 0.15) is 88.1 Å². The van der Waals surface area contributed by atoms with Gasteiger partial charge >= 0.3 is 0 Å². The van der Waals surface area contributed by atoms with Crippen LogP contribution in [-0.2, 0) is 19.2 Å². The van der Waals surface area contributed by atoms with Gasteiger partial charge in [-0.15, -0.1) is 0 Å². The van der Waals surface area contributed by atoms with Crippen molar-refractivity contribution in [2.75, 3.05) is 0 Å². The second-order valence-electron chi connectivity index (χ2n) is 8.20. The molecule has 1 unspecified atom stereocenters. The van der Waals surface area contributed by atoms with Crippen LogP contribution in [0.25, 0.3) is 5.57 Å². The molecule has 32 heavy (non-hydrogen) atoms. The summed E-state index contributed by atoms with van der Waals surface area (Å²) in [5, 5.41) is 7.48. The fourth-order valence-electron chi connectivity index (χ4n) is 3.59. The lowest BCUT2D eigenvalue weighted by atomic mass is 9.90. The molecule has 0 aromatic carbocycles. The molecule has 0 N–H and O–H groups in total. The largest absolute Gasteiger partial charge is 0.360 e. The van der Waals surface area contributed by atoms with Gasteiger partial charge in [0, 0.05) is 31.4 Å². The molecule has 2 aromatic rings. The van der Waals surface area contributed by atoms with Crippen molar-refractivity contribution >= 4 is 28.7 Å². The van der Waals surface area contributed by atoms with Crippen molar-refractivity contribution in [3.05, 3.63) is 40.6 Å². The van der Waals surface area contributed by atoms with Crippen molar-refractivity contribution < 1.29 is 28.2 Å². The highest BCUT2D eigenvalue weighted by Crippen LogP contribution is 2.29. The van der Waals surface area contributed by atoms with E-state index in [1.165, 1.54) is 13.8 Å². The lowest BCUT2D eigenvalue weighted by molar-refractivity contribution is -0.128. The summed E-state index contributed by atoms with van der Waals surface area (Å²) in [6, 6.07) is 3.41. The first kappa shape index (κ1) is 25.1. The van der Waals surface area contributed by atoms with E-state index in [0.717, 1.165) is 29.7 Å². The van der Waals surface area contributed by atoms with Crippen molar-refractivity contribution in [1.82, 2.24) is 10.3 Å². The van der Waals surface area contributed by atoms with Gasteiger partial charge in [0.25, 0.3) is 0 Å². The Balaban J connectivity index is 0.000000233. The zero-order valence-electron chi connectivity index (χ0n) is 19.3. The normalized spacial score (nSPS) is 14.6. The molecule has 1 atom stereocenters. The maximum Gasteiger partial charge on any atom is 0.170 e. The van der Waals surface area contributed by atoms with Gasteiger partial charge in [-0.3, -0.25) is 14.4 Å². The Morgan fingerprint density at radius 1 is 0.969 bits per heavy atom. The molecule has 0 saturated heterocycles. The van der Waals surface area contributed by atoms with Crippen molar-refractivity contribution in [3.63, 3.8) is 0 Å². The van der Waals surface area contributed by atoms with Gasteiger partial charge in [0.05, 0.1) is 17.0 Å². The fraction of sp³-hybridized carbons (Fsp3) is 0.500. The fourth-order valence-corrected chi connectivity index (χ4v) is 3.59. The molecule has 0 fully saturated rings. The zero-order chi connectivity index (χ0) is 23.8. The number of rotatable bonds is 8. The molecule has 172 valence electrons. The number of carbonyl (C=O) groups excluding carboxylic acids is 4. The van der Waals surface area contributed by atoms with Crippen LogP contribution in [0.5, 0.6) is 0 Å². The van der Waals surface area contributed by atoms with Crippen LogP contribution in [0.3, 0.4) is 0 Å². The van der Waals surface area contributed by atoms with Crippen molar-refractivity contribution in [3.8, 4) is 0 Å². The summed E-state index contributed by atoms with van der Waals surface area (Å²) in [5.41, 5.74) is 3.32. The van der Waals surface area contributed by atoms with E-state index in [0.29, 0.717) is 30.7 Å². The lowest BCUT2D eigenvalue weighted by Crippen LogP contribution is -2.19. The van der Waals surface area contributed by atoms with Gasteiger partial charge in [0.1, 0.15) is 17.5 Å². The maximum atomic E-state index is 12.0. The second kappa shape index (κ2) is 11.5. The van der Waals surface area contributed by atoms with Crippen LogP contribution in [-0.4, -0.2) is 33.4 Å². The monoisotopic (exact) mass is 442 g/mol. The van der Waals surface area contributed by atoms with Gasteiger partial charge in [-0.1, -0.05) is 15.9 Å². The van der Waals surface area contributed by atoms with Crippen molar-refractivity contribution in [1.29, 1.82) is 0 Å². The Hall–Kier alpha value is -3.16. The molecular weight excluding hydrogens is 412 g/mol. The standard InChI is InChI=1S/C13H17NO4.C11H13NO2/c1-8-7-12(18-14-8)13(10(3)16)11(17)6-4-5-9(2)15;1-7-4-3-5-9(13)11(7)10-6-8(2)12-14-10/h7,13H,4-6H2,1-3H3;6H,3-5H2,1-2H3. The lowest BCUT2D eigenvalue weighted by Gasteiger charge is -2.13. The molecule has 8 heteroatoms. The predicted octanol–water partition coefficient (Wildman–Crippen LogP) is 4.49. The summed E-state index contributed by atoms with van der Waals surface area (Å²) >= 11 is 0. The number of aromatic nitrogens is 2. The molecule has 0 radical (unpaired) electrons. The minimum atomic E-state index is -0.891. The minimum Gasteiger partial charge on any atom is -0.360 e. The smallest absolute Gasteiger partial charge is 0.170 e. The van der Waals surface area contributed by atoms with Gasteiger partial charge in [-0.2, -0.15) is 0 Å². The van der Waals surface area contributed by atoms with Gasteiger partial charge < -0.3 is 13.8 Å². The van der Waals surface area contributed by atoms with E-state index in [9.17, 15) is 19.2 Å². The highest BCUT2D eigenvalue weighted by Gasteiger charge is 2.28. The minimum absolute atomic E-state index is 0.0395. The summed E-state index contributed by atoms with van der Waals surface area (Å²) in [7, 11) is 0. The van der Waals surface area contributed by atoms with Gasteiger partial charge in [0.15, 0.2) is 23.1 Å². The first-order valence-corrected chi connectivity index (χ1v) is 10.7. The molecule has 2 aromatic heterocycles. The molecule has 8 nitrogen and oxygen atoms in total. The topological polar surface area (TPSA) is 120 Å². The van der Waals surface area contributed by atoms with E-state index in [1.54, 1.807) is 13.0 Å². The Morgan fingerprint density at radius 3 is 2.12 bits per heavy atom. The first-order valence-electron chi connectivity index (χ1n) is 10.7. The number of hydrogen-bond donors (Lipinski definition) is 0. The first-order chi connectivity index (χ1) is 15.1. The van der Waals surface area contributed by atoms with E-state index in [-0.39, 0.29) is 35.3 Å². The average molecular weight is 443 g/mol. The SMILES string of the molecule is CC(=O)CCCC(=O)C(C(C)=O)c1cc(C)no1.CC1=C(c2cc(C)no2)C(=O)CCC1. The van der Waals surface area contributed by atoms with Gasteiger partial charge in [-0.05, 0) is 53.9 Å². The Kier molecular flexibility index (Phi) is 8.99. The molecule has 2 heterocycles. The quantitative estimate of drug-likeness (QED) is 0.548. The van der Waals surface area contributed by atoms with Crippen LogP contribution in [0.2, 0.25) is 0 Å². The Morgan fingerprint density at radius 2 is 1.62 bits per heavy atom. The van der Waals surface area contributed by atoms with Crippen LogP contribution >= 0.6 is 0 Å². The molecule has 0 amide bonds. The number of nitrogens with zero attached hydrogens (tertiary/aromatic N) is 2. The molecule has 1 aliphatic rings. The Bertz CT molecular complexity index is 1030. The van der Waals surface area contributed by atoms with Crippen LogP contribution in [0.4, 0.5) is 0 Å². The van der Waals surface area contributed by atoms with E-state index < -0.39 is 5.92 Å². The number of ketones is 4. The third kappa shape index (κ3) is 6.93. The molecule has 3 rings (SSSR count). The molecule has 0 bridgehead atoms. The van der Waals surface area contributed by atoms with E-state index in [2.05, 4.69) is 10.3 Å². The average Bonchev–Trinajstić information content (AvgIpc) is 3.30. The van der Waals surface area contributed by atoms with Gasteiger partial charge in [-0.25, -0.2) is 0 Å². The number of Topliss-reactive ketones (excluding diaryl/α,β-unsaturated/α-hetero) is 4. The summed E-state index contributed by atoms with van der Waals surface area (Å²) in [5.74, 6) is -0.239. The summed E-state index contributed by atoms with van der Waals surface area (Å²) in [6.07, 6.45) is 3.59. The van der Waals surface area contributed by atoms with Crippen LogP contribution < -0.4 is 0 Å². The molecule has 0 saturated carbocycles. The summed E-state index contributed by atoms with van der Waals surface area (Å²) in [6.45, 7) is 8.41. The zero-order valence-corrected chi connectivity index (χ0v) is 19.3. The number of carbonyl (C=O) groups is 4. The van der Waals surface area contributed by atoms with E-state index in [4.69, 9.17) is 9.05 Å². The third-order valence-electron chi connectivity index (χ3n) is 5.15. The predicted molar refractivity (Wildman–Crippen MR) is 117 cm³/mol. The second-order valence-corrected chi connectivity index (χ2v) is 8.20. The molecule has 1 aliphatic carbocycles. The van der Waals surface area contributed by atoms with Crippen LogP contribution in [0.15, 0.2) is 26.8 Å². The van der Waals surface area contributed by atoms with E-state index in [1.807, 2.05) is 19.9 Å². The molecule has 0 aliphatic heterocycles. The highest BCUT2D eigenvalue weighted by atomic mass is 16.5. The molecule has 0 spiro atoms. The number of allylic oxidation sites excluding steroid dienone is 2. The molecular formula is C24H30N2O6. The maximum absolute atomic E-state index is 12.0. The summed E-state index contributed by atoms with van der Waals surface area (Å²) in [4.78, 5) is 45.9. The summed E-state index contributed by atoms with van der Waals surface area (Å²) < 4.78 is 10.1. The van der Waals surface area contributed by atoms with Crippen LogP contribution in [0, 0.1) is 13.8 Å². The third-order valence-corrected chi connectivity index (χ3v) is 5.15. The number of aryl methyl sites for hydroxylation is 2. The van der Waals surface area contributed by atoms with E-state index >= 15 is 0 Å². The Labute approximate surface area is 187 Å². The van der Waals surface area contributed by atoms with Gasteiger partial charge in [0.2, 0.25) is 0 Å². The van der Waals surface area contributed by atoms with Crippen molar-refractivity contribution in [2.24, 2.45) is 0 Å². The highest BCUT2D eigenvalue weighted by molar-refractivity contribution is 6.21.